The number of hydrogen-bond acceptors (Lipinski definition) is 3. The first kappa shape index (κ1) is 13.7. The van der Waals surface area contributed by atoms with Crippen LogP contribution >= 0.6 is 39.0 Å². The number of hydrogen-bond donors (Lipinski definition) is 0. The van der Waals surface area contributed by atoms with Crippen LogP contribution in [-0.4, -0.2) is 10.7 Å². The number of nitrogens with zero attached hydrogens (tertiary/aromatic N) is 1. The quantitative estimate of drug-likeness (QED) is 0.726. The van der Waals surface area contributed by atoms with Gasteiger partial charge in [-0.1, -0.05) is 22.0 Å². The Morgan fingerprint density at radius 1 is 1.42 bits per heavy atom. The van der Waals surface area contributed by atoms with Crippen molar-refractivity contribution in [2.24, 2.45) is 0 Å². The predicted octanol–water partition coefficient (Wildman–Crippen LogP) is 4.92. The molecular weight excluding hydrogens is 338 g/mol. The molecular formula is C15H16BrNS2. The summed E-state index contributed by atoms with van der Waals surface area (Å²) in [6.45, 7) is 2.08. The fraction of sp³-hybridized carbons (Fsp3) is 0.400. The number of aryl methyl sites for hydroxylation is 2. The zero-order valence-corrected chi connectivity index (χ0v) is 14.1. The Labute approximate surface area is 131 Å². The van der Waals surface area contributed by atoms with Crippen molar-refractivity contribution in [2.45, 2.75) is 30.3 Å². The zero-order chi connectivity index (χ0) is 13.2. The maximum Gasteiger partial charge on any atom is 0.0544 e. The van der Waals surface area contributed by atoms with Gasteiger partial charge in [0.25, 0.3) is 0 Å². The summed E-state index contributed by atoms with van der Waals surface area (Å²) in [6.07, 6.45) is 4.16. The van der Waals surface area contributed by atoms with E-state index in [0.717, 1.165) is 12.1 Å². The molecule has 0 amide bonds. The molecule has 2 aromatic heterocycles. The Morgan fingerprint density at radius 3 is 3.05 bits per heavy atom. The van der Waals surface area contributed by atoms with Crippen molar-refractivity contribution < 1.29 is 0 Å². The van der Waals surface area contributed by atoms with Crippen LogP contribution in [-0.2, 0) is 18.6 Å². The second-order valence-corrected chi connectivity index (χ2v) is 8.28. The number of thiophene rings is 1. The summed E-state index contributed by atoms with van der Waals surface area (Å²) >= 11 is 7.86. The van der Waals surface area contributed by atoms with Gasteiger partial charge in [-0.3, -0.25) is 4.98 Å². The second kappa shape index (κ2) is 5.98. The molecule has 19 heavy (non-hydrogen) atoms. The van der Waals surface area contributed by atoms with Gasteiger partial charge in [0.05, 0.1) is 4.83 Å². The van der Waals surface area contributed by atoms with Gasteiger partial charge in [-0.05, 0) is 42.4 Å². The number of alkyl halides is 1. The normalized spacial score (nSPS) is 16.1. The van der Waals surface area contributed by atoms with E-state index in [-0.39, 0.29) is 0 Å². The summed E-state index contributed by atoms with van der Waals surface area (Å²) in [6, 6.07) is 6.66. The van der Waals surface area contributed by atoms with Crippen molar-refractivity contribution in [2.75, 3.05) is 5.75 Å². The molecule has 100 valence electrons. The molecule has 0 fully saturated rings. The van der Waals surface area contributed by atoms with Crippen LogP contribution in [0.4, 0.5) is 0 Å². The van der Waals surface area contributed by atoms with Crippen molar-refractivity contribution in [1.29, 1.82) is 0 Å². The molecule has 1 nitrogen and oxygen atoms in total. The van der Waals surface area contributed by atoms with Crippen LogP contribution in [0.5, 0.6) is 0 Å². The van der Waals surface area contributed by atoms with Crippen LogP contribution in [0.25, 0.3) is 0 Å². The molecule has 1 atom stereocenters. The molecule has 0 saturated heterocycles. The van der Waals surface area contributed by atoms with E-state index in [2.05, 4.69) is 46.0 Å². The third kappa shape index (κ3) is 3.23. The van der Waals surface area contributed by atoms with Crippen molar-refractivity contribution in [3.63, 3.8) is 0 Å². The molecule has 0 radical (unpaired) electrons. The highest BCUT2D eigenvalue weighted by molar-refractivity contribution is 9.09. The molecule has 1 aliphatic heterocycles. The molecule has 0 spiro atoms. The molecule has 0 aromatic carbocycles. The minimum atomic E-state index is 0.392. The monoisotopic (exact) mass is 353 g/mol. The summed E-state index contributed by atoms with van der Waals surface area (Å²) in [5.74, 6) is 2.47. The Hall–Kier alpha value is -0.320. The number of aromatic nitrogens is 1. The van der Waals surface area contributed by atoms with E-state index in [1.807, 2.05) is 29.3 Å². The highest BCUT2D eigenvalue weighted by Crippen LogP contribution is 2.38. The van der Waals surface area contributed by atoms with Crippen molar-refractivity contribution in [3.8, 4) is 0 Å². The van der Waals surface area contributed by atoms with Crippen molar-refractivity contribution in [3.05, 3.63) is 51.0 Å². The molecule has 3 rings (SSSR count). The number of fused-ring (bicyclic) bond motifs is 1. The average Bonchev–Trinajstić information content (AvgIpc) is 2.85. The standard InChI is InChI=1S/C15H16BrNS2/c1-10-2-3-12(17-8-10)7-13(16)15-6-11-9-18-5-4-14(11)19-15/h2-3,6,8,13H,4-5,7,9H2,1H3. The zero-order valence-electron chi connectivity index (χ0n) is 10.9. The van der Waals surface area contributed by atoms with E-state index >= 15 is 0 Å². The van der Waals surface area contributed by atoms with Crippen molar-refractivity contribution >= 4 is 39.0 Å². The lowest BCUT2D eigenvalue weighted by atomic mass is 10.1. The lowest BCUT2D eigenvalue weighted by Crippen LogP contribution is -1.96. The summed E-state index contributed by atoms with van der Waals surface area (Å²) < 4.78 is 0. The minimum absolute atomic E-state index is 0.392. The van der Waals surface area contributed by atoms with Crippen LogP contribution < -0.4 is 0 Å². The topological polar surface area (TPSA) is 12.9 Å². The van der Waals surface area contributed by atoms with Crippen LogP contribution in [0.2, 0.25) is 0 Å². The molecule has 0 N–H and O–H groups in total. The minimum Gasteiger partial charge on any atom is -0.261 e. The molecule has 4 heteroatoms. The fourth-order valence-corrected chi connectivity index (χ4v) is 5.33. The molecule has 1 aliphatic rings. The predicted molar refractivity (Wildman–Crippen MR) is 88.5 cm³/mol. The lowest BCUT2D eigenvalue weighted by molar-refractivity contribution is 0.916. The van der Waals surface area contributed by atoms with Crippen LogP contribution in [0.1, 0.15) is 31.4 Å². The molecule has 1 unspecified atom stereocenters. The maximum atomic E-state index is 4.50. The highest BCUT2D eigenvalue weighted by atomic mass is 79.9. The largest absolute Gasteiger partial charge is 0.261 e. The summed E-state index contributed by atoms with van der Waals surface area (Å²) in [7, 11) is 0. The van der Waals surface area contributed by atoms with Crippen molar-refractivity contribution in [1.82, 2.24) is 4.98 Å². The van der Waals surface area contributed by atoms with Gasteiger partial charge >= 0.3 is 0 Å². The summed E-state index contributed by atoms with van der Waals surface area (Å²) in [5, 5.41) is 0. The second-order valence-electron chi connectivity index (χ2n) is 4.90. The van der Waals surface area contributed by atoms with Gasteiger partial charge in [-0.15, -0.1) is 11.3 Å². The van der Waals surface area contributed by atoms with Gasteiger partial charge in [-0.25, -0.2) is 0 Å². The molecule has 0 aliphatic carbocycles. The number of rotatable bonds is 3. The van der Waals surface area contributed by atoms with Gasteiger partial charge < -0.3 is 0 Å². The van der Waals surface area contributed by atoms with Crippen LogP contribution in [0, 0.1) is 6.92 Å². The first-order valence-corrected chi connectivity index (χ1v) is 9.36. The third-order valence-corrected chi connectivity index (χ3v) is 6.80. The molecule has 0 bridgehead atoms. The molecule has 2 aromatic rings. The van der Waals surface area contributed by atoms with Gasteiger partial charge in [0.15, 0.2) is 0 Å². The van der Waals surface area contributed by atoms with Gasteiger partial charge in [0.1, 0.15) is 0 Å². The SMILES string of the molecule is Cc1ccc(CC(Br)c2cc3c(s2)CCSC3)nc1. The summed E-state index contributed by atoms with van der Waals surface area (Å²) in [4.78, 5) is 7.93. The molecule has 0 saturated carbocycles. The maximum absolute atomic E-state index is 4.50. The van der Waals surface area contributed by atoms with Crippen LogP contribution in [0.3, 0.4) is 0 Å². The Morgan fingerprint density at radius 2 is 2.32 bits per heavy atom. The average molecular weight is 354 g/mol. The summed E-state index contributed by atoms with van der Waals surface area (Å²) in [5.41, 5.74) is 3.93. The van der Waals surface area contributed by atoms with Gasteiger partial charge in [0.2, 0.25) is 0 Å². The van der Waals surface area contributed by atoms with Crippen LogP contribution in [0.15, 0.2) is 24.4 Å². The number of halogens is 1. The Kier molecular flexibility index (Phi) is 4.30. The van der Waals surface area contributed by atoms with E-state index in [1.54, 1.807) is 10.4 Å². The van der Waals surface area contributed by atoms with E-state index in [1.165, 1.54) is 28.4 Å². The number of pyridine rings is 1. The lowest BCUT2D eigenvalue weighted by Gasteiger charge is -2.08. The van der Waals surface area contributed by atoms with Gasteiger partial charge in [-0.2, -0.15) is 11.8 Å². The first-order valence-electron chi connectivity index (χ1n) is 6.47. The Balaban J connectivity index is 1.74. The molecule has 3 heterocycles. The van der Waals surface area contributed by atoms with E-state index in [9.17, 15) is 0 Å². The van der Waals surface area contributed by atoms with E-state index in [4.69, 9.17) is 0 Å². The van der Waals surface area contributed by atoms with E-state index in [0.29, 0.717) is 4.83 Å². The smallest absolute Gasteiger partial charge is 0.0544 e. The first-order chi connectivity index (χ1) is 9.22. The number of thioether (sulfide) groups is 1. The third-order valence-electron chi connectivity index (χ3n) is 3.32. The highest BCUT2D eigenvalue weighted by Gasteiger charge is 2.18. The van der Waals surface area contributed by atoms with Gasteiger partial charge in [0, 0.05) is 33.8 Å². The van der Waals surface area contributed by atoms with E-state index < -0.39 is 0 Å². The fourth-order valence-electron chi connectivity index (χ4n) is 2.23. The Bertz CT molecular complexity index is 539.